The van der Waals surface area contributed by atoms with Crippen molar-refractivity contribution in [3.8, 4) is 0 Å². The fourth-order valence-corrected chi connectivity index (χ4v) is 3.91. The van der Waals surface area contributed by atoms with Gasteiger partial charge in [-0.3, -0.25) is 14.4 Å². The second-order valence-electron chi connectivity index (χ2n) is 7.49. The Morgan fingerprint density at radius 1 is 1.07 bits per heavy atom. The van der Waals surface area contributed by atoms with E-state index in [0.717, 1.165) is 55.8 Å². The van der Waals surface area contributed by atoms with Gasteiger partial charge in [0.15, 0.2) is 0 Å². The topological polar surface area (TPSA) is 88.4 Å². The zero-order valence-corrected chi connectivity index (χ0v) is 16.2. The summed E-state index contributed by atoms with van der Waals surface area (Å²) in [5.74, 6) is -1.06. The molecule has 0 aliphatic carbocycles. The first-order valence-corrected chi connectivity index (χ1v) is 10.2. The first-order valence-electron chi connectivity index (χ1n) is 10.2. The van der Waals surface area contributed by atoms with Gasteiger partial charge in [0.25, 0.3) is 11.5 Å². The van der Waals surface area contributed by atoms with Crippen LogP contribution in [0.25, 0.3) is 10.9 Å². The zero-order valence-electron chi connectivity index (χ0n) is 16.2. The lowest BCUT2D eigenvalue weighted by atomic mass is 10.0. The van der Waals surface area contributed by atoms with Crippen molar-refractivity contribution in [1.29, 1.82) is 0 Å². The molecular formula is C22H28N2O4. The number of benzene rings is 1. The maximum absolute atomic E-state index is 12.9. The number of nitrogens with one attached hydrogen (secondary N) is 1. The Labute approximate surface area is 164 Å². The zero-order chi connectivity index (χ0) is 19.9. The molecule has 0 radical (unpaired) electrons. The standard InChI is InChI=1S/C22H28N2O4/c25-19(26)12-4-2-1-3-6-13-23-21(27)18-15-17-11-8-10-16-9-5-7-14-24(20(16)17)22(18)28/h8,10-11,15H,1-7,9,12-14H2,(H,23,27)(H,25,26). The SMILES string of the molecule is O=C(O)CCCCCCCNC(=O)c1cc2cccc3c2n(c1=O)CCCC3. The van der Waals surface area contributed by atoms with Crippen LogP contribution in [-0.2, 0) is 17.8 Å². The number of carbonyl (C=O) groups excluding carboxylic acids is 1. The van der Waals surface area contributed by atoms with E-state index in [4.69, 9.17) is 5.11 Å². The van der Waals surface area contributed by atoms with Crippen LogP contribution < -0.4 is 10.9 Å². The van der Waals surface area contributed by atoms with Crippen LogP contribution in [-0.4, -0.2) is 28.1 Å². The maximum atomic E-state index is 12.9. The number of aliphatic carboxylic acids is 1. The van der Waals surface area contributed by atoms with E-state index in [1.165, 1.54) is 5.56 Å². The number of amides is 1. The highest BCUT2D eigenvalue weighted by Crippen LogP contribution is 2.23. The minimum Gasteiger partial charge on any atom is -0.481 e. The fraction of sp³-hybridized carbons (Fsp3) is 0.500. The Morgan fingerprint density at radius 2 is 1.86 bits per heavy atom. The van der Waals surface area contributed by atoms with Crippen molar-refractivity contribution < 1.29 is 14.7 Å². The number of aryl methyl sites for hydroxylation is 2. The number of pyridine rings is 1. The van der Waals surface area contributed by atoms with E-state index >= 15 is 0 Å². The number of carboxylic acid groups (broad SMARTS) is 1. The Hall–Kier alpha value is -2.63. The third-order valence-electron chi connectivity index (χ3n) is 5.37. The van der Waals surface area contributed by atoms with Crippen LogP contribution in [0.4, 0.5) is 0 Å². The molecule has 2 N–H and O–H groups in total. The van der Waals surface area contributed by atoms with Crippen LogP contribution in [0.15, 0.2) is 29.1 Å². The molecule has 1 aliphatic heterocycles. The molecule has 0 spiro atoms. The van der Waals surface area contributed by atoms with E-state index in [2.05, 4.69) is 11.4 Å². The predicted octanol–water partition coefficient (Wildman–Crippen LogP) is 3.49. The minimum atomic E-state index is -0.754. The van der Waals surface area contributed by atoms with Crippen LogP contribution in [0.2, 0.25) is 0 Å². The van der Waals surface area contributed by atoms with Crippen molar-refractivity contribution in [1.82, 2.24) is 9.88 Å². The summed E-state index contributed by atoms with van der Waals surface area (Å²) in [5, 5.41) is 12.4. The number of rotatable bonds is 9. The van der Waals surface area contributed by atoms with Gasteiger partial charge in [0.05, 0.1) is 5.52 Å². The van der Waals surface area contributed by atoms with Crippen molar-refractivity contribution >= 4 is 22.8 Å². The lowest BCUT2D eigenvalue weighted by Crippen LogP contribution is -2.33. The second kappa shape index (κ2) is 9.53. The molecule has 1 aromatic carbocycles. The minimum absolute atomic E-state index is 0.201. The third kappa shape index (κ3) is 4.80. The second-order valence-corrected chi connectivity index (χ2v) is 7.49. The van der Waals surface area contributed by atoms with Crippen LogP contribution in [0.3, 0.4) is 0 Å². The molecule has 0 unspecified atom stereocenters. The van der Waals surface area contributed by atoms with E-state index in [0.29, 0.717) is 19.5 Å². The average Bonchev–Trinajstić information content (AvgIpc) is 2.90. The van der Waals surface area contributed by atoms with Crippen LogP contribution >= 0.6 is 0 Å². The molecule has 150 valence electrons. The molecule has 3 rings (SSSR count). The monoisotopic (exact) mass is 384 g/mol. The quantitative estimate of drug-likeness (QED) is 0.648. The van der Waals surface area contributed by atoms with E-state index < -0.39 is 5.97 Å². The van der Waals surface area contributed by atoms with Crippen molar-refractivity contribution in [3.05, 3.63) is 45.7 Å². The summed E-state index contributed by atoms with van der Waals surface area (Å²) in [6.45, 7) is 1.18. The number of aromatic nitrogens is 1. The van der Waals surface area contributed by atoms with Gasteiger partial charge in [0, 0.05) is 19.5 Å². The number of nitrogens with zero attached hydrogens (tertiary/aromatic N) is 1. The van der Waals surface area contributed by atoms with Gasteiger partial charge in [-0.25, -0.2) is 0 Å². The Kier molecular flexibility index (Phi) is 6.85. The molecule has 6 heteroatoms. The highest BCUT2D eigenvalue weighted by atomic mass is 16.4. The van der Waals surface area contributed by atoms with E-state index in [-0.39, 0.29) is 23.5 Å². The molecule has 6 nitrogen and oxygen atoms in total. The predicted molar refractivity (Wildman–Crippen MR) is 109 cm³/mol. The highest BCUT2D eigenvalue weighted by Gasteiger charge is 2.18. The smallest absolute Gasteiger partial charge is 0.303 e. The van der Waals surface area contributed by atoms with Crippen LogP contribution in [0.5, 0.6) is 0 Å². The van der Waals surface area contributed by atoms with Gasteiger partial charge < -0.3 is 15.0 Å². The molecule has 1 amide bonds. The van der Waals surface area contributed by atoms with Gasteiger partial charge in [-0.1, -0.05) is 37.5 Å². The van der Waals surface area contributed by atoms with Crippen molar-refractivity contribution in [3.63, 3.8) is 0 Å². The highest BCUT2D eigenvalue weighted by molar-refractivity contribution is 5.97. The summed E-state index contributed by atoms with van der Waals surface area (Å²) in [6.07, 6.45) is 7.47. The lowest BCUT2D eigenvalue weighted by Gasteiger charge is -2.13. The number of carboxylic acids is 1. The summed E-state index contributed by atoms with van der Waals surface area (Å²) in [6, 6.07) is 7.75. The molecular weight excluding hydrogens is 356 g/mol. The number of hydrogen-bond acceptors (Lipinski definition) is 3. The van der Waals surface area contributed by atoms with Gasteiger partial charge in [0.2, 0.25) is 0 Å². The first-order chi connectivity index (χ1) is 13.6. The number of unbranched alkanes of at least 4 members (excludes halogenated alkanes) is 4. The van der Waals surface area contributed by atoms with Crippen LogP contribution in [0, 0.1) is 0 Å². The van der Waals surface area contributed by atoms with Gasteiger partial charge in [0.1, 0.15) is 5.56 Å². The summed E-state index contributed by atoms with van der Waals surface area (Å²) in [7, 11) is 0. The summed E-state index contributed by atoms with van der Waals surface area (Å²) >= 11 is 0. The Morgan fingerprint density at radius 3 is 2.68 bits per heavy atom. The maximum Gasteiger partial charge on any atom is 0.303 e. The Balaban J connectivity index is 1.60. The van der Waals surface area contributed by atoms with E-state index in [1.54, 1.807) is 10.6 Å². The molecule has 0 saturated heterocycles. The van der Waals surface area contributed by atoms with Crippen molar-refractivity contribution in [2.24, 2.45) is 0 Å². The molecule has 0 atom stereocenters. The number of para-hydroxylation sites is 1. The van der Waals surface area contributed by atoms with Crippen LogP contribution in [0.1, 0.15) is 67.3 Å². The largest absolute Gasteiger partial charge is 0.481 e. The number of carbonyl (C=O) groups is 2. The summed E-state index contributed by atoms with van der Waals surface area (Å²) in [4.78, 5) is 36.0. The molecule has 1 aromatic heterocycles. The molecule has 2 heterocycles. The van der Waals surface area contributed by atoms with Gasteiger partial charge in [-0.2, -0.15) is 0 Å². The van der Waals surface area contributed by atoms with Crippen molar-refractivity contribution in [2.75, 3.05) is 6.54 Å². The molecule has 28 heavy (non-hydrogen) atoms. The molecule has 1 aliphatic rings. The fourth-order valence-electron chi connectivity index (χ4n) is 3.91. The summed E-state index contributed by atoms with van der Waals surface area (Å²) < 4.78 is 1.77. The van der Waals surface area contributed by atoms with Gasteiger partial charge in [-0.15, -0.1) is 0 Å². The van der Waals surface area contributed by atoms with Crippen molar-refractivity contribution in [2.45, 2.75) is 64.3 Å². The molecule has 0 bridgehead atoms. The molecule has 0 fully saturated rings. The Bertz CT molecular complexity index is 917. The van der Waals surface area contributed by atoms with Gasteiger partial charge in [-0.05, 0) is 49.1 Å². The average molecular weight is 384 g/mol. The van der Waals surface area contributed by atoms with E-state index in [9.17, 15) is 14.4 Å². The number of hydrogen-bond donors (Lipinski definition) is 2. The normalized spacial score (nSPS) is 13.3. The van der Waals surface area contributed by atoms with Gasteiger partial charge >= 0.3 is 5.97 Å². The summed E-state index contributed by atoms with van der Waals surface area (Å²) in [5.41, 5.74) is 2.17. The first kappa shape index (κ1) is 20.1. The lowest BCUT2D eigenvalue weighted by molar-refractivity contribution is -0.137. The molecule has 0 saturated carbocycles. The van der Waals surface area contributed by atoms with E-state index in [1.807, 2.05) is 12.1 Å². The molecule has 2 aromatic rings. The third-order valence-corrected chi connectivity index (χ3v) is 5.37.